The van der Waals surface area contributed by atoms with Crippen LogP contribution in [0.1, 0.15) is 24.5 Å². The van der Waals surface area contributed by atoms with E-state index >= 15 is 0 Å². The molecule has 0 spiro atoms. The summed E-state index contributed by atoms with van der Waals surface area (Å²) in [4.78, 5) is -0.0781. The number of hydrogen-bond acceptors (Lipinski definition) is 8. The van der Waals surface area contributed by atoms with Crippen LogP contribution in [-0.2, 0) is 38.1 Å². The Morgan fingerprint density at radius 3 is 1.71 bits per heavy atom. The van der Waals surface area contributed by atoms with E-state index in [1.165, 1.54) is 31.4 Å². The van der Waals surface area contributed by atoms with Crippen LogP contribution in [0.5, 0.6) is 0 Å². The molecular formula is C21H26O8S2. The van der Waals surface area contributed by atoms with Crippen molar-refractivity contribution in [3.63, 3.8) is 0 Å². The Hall–Kier alpha value is -1.82. The van der Waals surface area contributed by atoms with Gasteiger partial charge >= 0.3 is 0 Å². The second-order valence-corrected chi connectivity index (χ2v) is 10.6. The summed E-state index contributed by atoms with van der Waals surface area (Å²) in [5.74, 6) is 0. The molecule has 3 rings (SSSR count). The monoisotopic (exact) mass is 470 g/mol. The van der Waals surface area contributed by atoms with Crippen LogP contribution in [0, 0.1) is 13.8 Å². The first-order chi connectivity index (χ1) is 14.5. The molecule has 4 atom stereocenters. The van der Waals surface area contributed by atoms with Gasteiger partial charge in [-0.1, -0.05) is 35.4 Å². The van der Waals surface area contributed by atoms with Crippen molar-refractivity contribution >= 4 is 20.2 Å². The minimum atomic E-state index is -4.19. The van der Waals surface area contributed by atoms with Crippen LogP contribution in [0.15, 0.2) is 58.3 Å². The largest absolute Gasteiger partial charge is 0.356 e. The highest BCUT2D eigenvalue weighted by atomic mass is 32.2. The topological polar surface area (TPSA) is 105 Å². The normalized spacial score (nSPS) is 24.8. The third kappa shape index (κ3) is 5.71. The van der Waals surface area contributed by atoms with Crippen LogP contribution >= 0.6 is 0 Å². The van der Waals surface area contributed by atoms with Gasteiger partial charge in [-0.25, -0.2) is 0 Å². The maximum absolute atomic E-state index is 12.8. The molecule has 170 valence electrons. The first-order valence-electron chi connectivity index (χ1n) is 9.70. The molecule has 2 aromatic rings. The molecule has 8 nitrogen and oxygen atoms in total. The number of rotatable bonds is 7. The fourth-order valence-electron chi connectivity index (χ4n) is 3.21. The van der Waals surface area contributed by atoms with Crippen molar-refractivity contribution in [2.45, 2.75) is 61.6 Å². The third-order valence-corrected chi connectivity index (χ3v) is 7.67. The van der Waals surface area contributed by atoms with E-state index in [-0.39, 0.29) is 16.2 Å². The Balaban J connectivity index is 1.89. The van der Waals surface area contributed by atoms with Gasteiger partial charge in [0.2, 0.25) is 0 Å². The van der Waals surface area contributed by atoms with Crippen molar-refractivity contribution in [1.29, 1.82) is 0 Å². The van der Waals surface area contributed by atoms with Crippen LogP contribution in [-0.4, -0.2) is 48.5 Å². The first kappa shape index (κ1) is 23.8. The van der Waals surface area contributed by atoms with E-state index in [2.05, 4.69) is 0 Å². The van der Waals surface area contributed by atoms with Gasteiger partial charge in [-0.3, -0.25) is 8.37 Å². The average Bonchev–Trinajstić information content (AvgIpc) is 2.70. The molecule has 1 saturated heterocycles. The molecule has 1 aliphatic heterocycles. The molecule has 0 aliphatic carbocycles. The lowest BCUT2D eigenvalue weighted by molar-refractivity contribution is -0.226. The maximum Gasteiger partial charge on any atom is 0.297 e. The summed E-state index contributed by atoms with van der Waals surface area (Å²) < 4.78 is 73.0. The molecule has 0 saturated carbocycles. The zero-order valence-corrected chi connectivity index (χ0v) is 19.4. The molecule has 10 heteroatoms. The van der Waals surface area contributed by atoms with E-state index in [0.29, 0.717) is 0 Å². The number of ether oxygens (including phenoxy) is 2. The second kappa shape index (κ2) is 9.35. The molecular weight excluding hydrogens is 444 g/mol. The lowest BCUT2D eigenvalue weighted by atomic mass is 10.0. The molecule has 1 heterocycles. The van der Waals surface area contributed by atoms with Gasteiger partial charge in [0, 0.05) is 13.5 Å². The molecule has 0 amide bonds. The molecule has 2 aromatic carbocycles. The highest BCUT2D eigenvalue weighted by Crippen LogP contribution is 2.31. The van der Waals surface area contributed by atoms with Crippen molar-refractivity contribution in [2.75, 3.05) is 7.11 Å². The lowest BCUT2D eigenvalue weighted by Gasteiger charge is -2.38. The van der Waals surface area contributed by atoms with Crippen LogP contribution in [0.25, 0.3) is 0 Å². The summed E-state index contributed by atoms with van der Waals surface area (Å²) in [6, 6.07) is 12.3. The van der Waals surface area contributed by atoms with Crippen molar-refractivity contribution < 1.29 is 34.7 Å². The van der Waals surface area contributed by atoms with Crippen molar-refractivity contribution in [3.05, 3.63) is 59.7 Å². The third-order valence-electron chi connectivity index (χ3n) is 4.99. The summed E-state index contributed by atoms with van der Waals surface area (Å²) >= 11 is 0. The summed E-state index contributed by atoms with van der Waals surface area (Å²) in [5, 5.41) is 0. The Bertz CT molecular complexity index is 1090. The maximum atomic E-state index is 12.8. The minimum absolute atomic E-state index is 0.0278. The predicted octanol–water partition coefficient (Wildman–Crippen LogP) is 2.93. The Morgan fingerprint density at radius 1 is 0.806 bits per heavy atom. The minimum Gasteiger partial charge on any atom is -0.356 e. The van der Waals surface area contributed by atoms with E-state index in [4.69, 9.17) is 17.8 Å². The molecule has 0 radical (unpaired) electrons. The highest BCUT2D eigenvalue weighted by molar-refractivity contribution is 7.87. The molecule has 1 fully saturated rings. The Morgan fingerprint density at radius 2 is 1.26 bits per heavy atom. The molecule has 1 aliphatic rings. The van der Waals surface area contributed by atoms with E-state index in [1.807, 2.05) is 13.8 Å². The standard InChI is InChI=1S/C21H26O8S2/c1-14-5-9-17(10-6-14)30(22,23)28-19-13-20(26-4)27-16(3)21(19)29-31(24,25)18-11-7-15(2)8-12-18/h5-12,16,19-21H,13H2,1-4H3/t16-,19+,20+,21+/m1/s1. The van der Waals surface area contributed by atoms with Gasteiger partial charge in [0.1, 0.15) is 12.2 Å². The Kier molecular flexibility index (Phi) is 7.19. The quantitative estimate of drug-likeness (QED) is 0.569. The number of methoxy groups -OCH3 is 1. The number of hydrogen-bond donors (Lipinski definition) is 0. The molecule has 31 heavy (non-hydrogen) atoms. The second-order valence-electron chi connectivity index (χ2n) is 7.47. The highest BCUT2D eigenvalue weighted by Gasteiger charge is 2.43. The van der Waals surface area contributed by atoms with Gasteiger partial charge in [0.25, 0.3) is 20.2 Å². The van der Waals surface area contributed by atoms with Crippen molar-refractivity contribution in [1.82, 2.24) is 0 Å². The first-order valence-corrected chi connectivity index (χ1v) is 12.5. The number of aryl methyl sites for hydroxylation is 2. The van der Waals surface area contributed by atoms with Gasteiger partial charge in [-0.2, -0.15) is 16.8 Å². The summed E-state index contributed by atoms with van der Waals surface area (Å²) in [7, 11) is -6.95. The van der Waals surface area contributed by atoms with E-state index in [1.54, 1.807) is 31.2 Å². The molecule has 0 unspecified atom stereocenters. The van der Waals surface area contributed by atoms with Gasteiger partial charge in [0.15, 0.2) is 6.29 Å². The summed E-state index contributed by atoms with van der Waals surface area (Å²) in [5.41, 5.74) is 1.78. The SMILES string of the molecule is CO[C@@H]1C[C@H](OS(=O)(=O)c2ccc(C)cc2)[C@@H](OS(=O)(=O)c2ccc(C)cc2)[C@@H](C)O1. The average molecular weight is 471 g/mol. The fraction of sp³-hybridized carbons (Fsp3) is 0.429. The summed E-state index contributed by atoms with van der Waals surface area (Å²) in [6.45, 7) is 5.24. The van der Waals surface area contributed by atoms with Crippen molar-refractivity contribution in [3.8, 4) is 0 Å². The summed E-state index contributed by atoms with van der Waals surface area (Å²) in [6.07, 6.45) is -3.94. The van der Waals surface area contributed by atoms with Crippen LogP contribution in [0.4, 0.5) is 0 Å². The van der Waals surface area contributed by atoms with Gasteiger partial charge < -0.3 is 9.47 Å². The van der Waals surface area contributed by atoms with E-state index in [9.17, 15) is 16.8 Å². The van der Waals surface area contributed by atoms with Crippen LogP contribution < -0.4 is 0 Å². The zero-order chi connectivity index (χ0) is 22.8. The molecule has 0 bridgehead atoms. The van der Waals surface area contributed by atoms with Gasteiger partial charge in [-0.15, -0.1) is 0 Å². The zero-order valence-electron chi connectivity index (χ0n) is 17.7. The smallest absolute Gasteiger partial charge is 0.297 e. The van der Waals surface area contributed by atoms with Crippen molar-refractivity contribution in [2.24, 2.45) is 0 Å². The van der Waals surface area contributed by atoms with Crippen LogP contribution in [0.2, 0.25) is 0 Å². The fourth-order valence-corrected chi connectivity index (χ4v) is 5.46. The van der Waals surface area contributed by atoms with Crippen LogP contribution in [0.3, 0.4) is 0 Å². The predicted molar refractivity (Wildman–Crippen MR) is 112 cm³/mol. The number of benzene rings is 2. The van der Waals surface area contributed by atoms with E-state index in [0.717, 1.165) is 11.1 Å². The molecule has 0 aromatic heterocycles. The van der Waals surface area contributed by atoms with E-state index < -0.39 is 44.8 Å². The Labute approximate surface area is 183 Å². The lowest BCUT2D eigenvalue weighted by Crippen LogP contribution is -2.51. The van der Waals surface area contributed by atoms with Gasteiger partial charge in [-0.05, 0) is 45.0 Å². The molecule has 0 N–H and O–H groups in total. The van der Waals surface area contributed by atoms with Gasteiger partial charge in [0.05, 0.1) is 15.9 Å².